The molecule has 1 nitrogen and oxygen atoms in total. The van der Waals surface area contributed by atoms with Crippen molar-refractivity contribution < 1.29 is 4.74 Å². The van der Waals surface area contributed by atoms with E-state index in [0.29, 0.717) is 17.8 Å². The lowest BCUT2D eigenvalue weighted by Gasteiger charge is -2.25. The third kappa shape index (κ3) is 5.79. The quantitative estimate of drug-likeness (QED) is 0.274. The van der Waals surface area contributed by atoms with E-state index in [1.807, 2.05) is 0 Å². The van der Waals surface area contributed by atoms with Crippen LogP contribution in [0.5, 0.6) is 5.75 Å². The molecule has 1 rings (SSSR count). The summed E-state index contributed by atoms with van der Waals surface area (Å²) in [4.78, 5) is 0. The molecule has 0 aliphatic rings. The Balaban J connectivity index is 3.31. The molecule has 138 valence electrons. The van der Waals surface area contributed by atoms with Crippen molar-refractivity contribution in [1.29, 1.82) is 0 Å². The van der Waals surface area contributed by atoms with Gasteiger partial charge in [-0.1, -0.05) is 69.6 Å². The van der Waals surface area contributed by atoms with Crippen LogP contribution >= 0.6 is 15.9 Å². The van der Waals surface area contributed by atoms with E-state index < -0.39 is 0 Å². The fourth-order valence-corrected chi connectivity index (χ4v) is 3.32. The number of rotatable bonds is 11. The molecular formula is C22H37BrO. The van der Waals surface area contributed by atoms with Crippen molar-refractivity contribution in [2.24, 2.45) is 0 Å². The summed E-state index contributed by atoms with van der Waals surface area (Å²) in [6.45, 7) is 14.7. The van der Waals surface area contributed by atoms with E-state index in [9.17, 15) is 0 Å². The second kappa shape index (κ2) is 11.2. The molecule has 24 heavy (non-hydrogen) atoms. The first-order chi connectivity index (χ1) is 11.5. The minimum atomic E-state index is 0.544. The third-order valence-corrected chi connectivity index (χ3v) is 5.97. The number of ether oxygens (including phenoxy) is 1. The Bertz CT molecular complexity index is 452. The highest BCUT2D eigenvalue weighted by Crippen LogP contribution is 2.40. The van der Waals surface area contributed by atoms with Crippen LogP contribution < -0.4 is 4.74 Å². The van der Waals surface area contributed by atoms with Gasteiger partial charge < -0.3 is 4.74 Å². The van der Waals surface area contributed by atoms with Crippen LogP contribution in [0.2, 0.25) is 0 Å². The summed E-state index contributed by atoms with van der Waals surface area (Å²) in [5.74, 6) is 2.88. The van der Waals surface area contributed by atoms with Crippen LogP contribution in [0.15, 0.2) is 12.1 Å². The zero-order valence-electron chi connectivity index (χ0n) is 16.6. The van der Waals surface area contributed by atoms with Gasteiger partial charge in [-0.25, -0.2) is 0 Å². The molecule has 0 aliphatic carbocycles. The zero-order chi connectivity index (χ0) is 18.1. The lowest BCUT2D eigenvalue weighted by atomic mass is 9.85. The standard InChI is InChI=1S/C22H37BrO/c1-7-16(4)19-14-20(17(5)8-2)22(24-13-11-10-12-23)21(15-19)18(6)9-3/h14-18H,7-13H2,1-6H3. The van der Waals surface area contributed by atoms with Crippen molar-refractivity contribution >= 4 is 15.9 Å². The summed E-state index contributed by atoms with van der Waals surface area (Å²) < 4.78 is 6.36. The molecule has 0 aromatic heterocycles. The molecule has 0 radical (unpaired) electrons. The molecule has 1 aromatic carbocycles. The SMILES string of the molecule is CCC(C)c1cc(C(C)CC)c(OCCCCBr)c(C(C)CC)c1. The van der Waals surface area contributed by atoms with E-state index in [0.717, 1.165) is 31.2 Å². The Morgan fingerprint density at radius 1 is 0.833 bits per heavy atom. The smallest absolute Gasteiger partial charge is 0.126 e. The molecule has 0 aliphatic heterocycles. The van der Waals surface area contributed by atoms with Crippen LogP contribution in [-0.2, 0) is 0 Å². The Hall–Kier alpha value is -0.500. The molecule has 0 bridgehead atoms. The number of halogens is 1. The highest BCUT2D eigenvalue weighted by atomic mass is 79.9. The first-order valence-electron chi connectivity index (χ1n) is 9.86. The summed E-state index contributed by atoms with van der Waals surface area (Å²) in [5, 5.41) is 1.06. The molecule has 3 atom stereocenters. The fourth-order valence-electron chi connectivity index (χ4n) is 2.93. The monoisotopic (exact) mass is 396 g/mol. The van der Waals surface area contributed by atoms with Crippen molar-refractivity contribution in [3.63, 3.8) is 0 Å². The number of hydrogen-bond donors (Lipinski definition) is 0. The fraction of sp³-hybridized carbons (Fsp3) is 0.727. The molecule has 0 saturated carbocycles. The second-order valence-electron chi connectivity index (χ2n) is 7.20. The lowest BCUT2D eigenvalue weighted by Crippen LogP contribution is -2.09. The summed E-state index contributed by atoms with van der Waals surface area (Å²) in [7, 11) is 0. The topological polar surface area (TPSA) is 9.23 Å². The van der Waals surface area contributed by atoms with Crippen molar-refractivity contribution in [3.05, 3.63) is 28.8 Å². The predicted molar refractivity (Wildman–Crippen MR) is 111 cm³/mol. The lowest BCUT2D eigenvalue weighted by molar-refractivity contribution is 0.300. The summed E-state index contributed by atoms with van der Waals surface area (Å²) in [6, 6.07) is 4.85. The highest BCUT2D eigenvalue weighted by molar-refractivity contribution is 9.09. The number of hydrogen-bond acceptors (Lipinski definition) is 1. The average molecular weight is 397 g/mol. The molecule has 0 amide bonds. The number of alkyl halides is 1. The maximum absolute atomic E-state index is 6.36. The van der Waals surface area contributed by atoms with Gasteiger partial charge in [0, 0.05) is 5.33 Å². The van der Waals surface area contributed by atoms with Gasteiger partial charge in [-0.3, -0.25) is 0 Å². The van der Waals surface area contributed by atoms with Crippen LogP contribution in [-0.4, -0.2) is 11.9 Å². The van der Waals surface area contributed by atoms with E-state index in [-0.39, 0.29) is 0 Å². The normalized spacial score (nSPS) is 15.1. The van der Waals surface area contributed by atoms with E-state index in [1.165, 1.54) is 35.3 Å². The van der Waals surface area contributed by atoms with Gasteiger partial charge in [0.25, 0.3) is 0 Å². The highest BCUT2D eigenvalue weighted by Gasteiger charge is 2.21. The van der Waals surface area contributed by atoms with Gasteiger partial charge in [-0.05, 0) is 66.5 Å². The zero-order valence-corrected chi connectivity index (χ0v) is 18.2. The van der Waals surface area contributed by atoms with Gasteiger partial charge >= 0.3 is 0 Å². The van der Waals surface area contributed by atoms with E-state index in [4.69, 9.17) is 4.74 Å². The van der Waals surface area contributed by atoms with Gasteiger partial charge in [0.05, 0.1) is 6.61 Å². The number of unbranched alkanes of at least 4 members (excludes halogenated alkanes) is 1. The Morgan fingerprint density at radius 3 is 1.75 bits per heavy atom. The maximum atomic E-state index is 6.36. The van der Waals surface area contributed by atoms with Gasteiger partial charge in [-0.2, -0.15) is 0 Å². The average Bonchev–Trinajstić information content (AvgIpc) is 2.62. The second-order valence-corrected chi connectivity index (χ2v) is 7.99. The van der Waals surface area contributed by atoms with E-state index in [2.05, 4.69) is 69.6 Å². The van der Waals surface area contributed by atoms with Crippen molar-refractivity contribution in [1.82, 2.24) is 0 Å². The molecule has 3 unspecified atom stereocenters. The van der Waals surface area contributed by atoms with Crippen LogP contribution in [0.1, 0.15) is 108 Å². The molecule has 1 aromatic rings. The molecule has 0 fully saturated rings. The first-order valence-corrected chi connectivity index (χ1v) is 11.0. The van der Waals surface area contributed by atoms with E-state index >= 15 is 0 Å². The van der Waals surface area contributed by atoms with Crippen molar-refractivity contribution in [2.75, 3.05) is 11.9 Å². The molecule has 0 N–H and O–H groups in total. The summed E-state index contributed by atoms with van der Waals surface area (Å²) >= 11 is 3.51. The molecule has 0 heterocycles. The molecule has 2 heteroatoms. The van der Waals surface area contributed by atoms with Gasteiger partial charge in [0.1, 0.15) is 5.75 Å². The Kier molecular flexibility index (Phi) is 10.0. The Morgan fingerprint density at radius 2 is 1.33 bits per heavy atom. The maximum Gasteiger partial charge on any atom is 0.126 e. The van der Waals surface area contributed by atoms with Crippen LogP contribution in [0, 0.1) is 0 Å². The molecular weight excluding hydrogens is 360 g/mol. The van der Waals surface area contributed by atoms with Gasteiger partial charge in [0.15, 0.2) is 0 Å². The van der Waals surface area contributed by atoms with Crippen LogP contribution in [0.25, 0.3) is 0 Å². The minimum absolute atomic E-state index is 0.544. The van der Waals surface area contributed by atoms with Gasteiger partial charge in [-0.15, -0.1) is 0 Å². The Labute approximate surface area is 158 Å². The first kappa shape index (κ1) is 21.5. The van der Waals surface area contributed by atoms with Crippen molar-refractivity contribution in [2.45, 2.75) is 91.4 Å². The summed E-state index contributed by atoms with van der Waals surface area (Å²) in [6.07, 6.45) is 5.77. The van der Waals surface area contributed by atoms with Crippen molar-refractivity contribution in [3.8, 4) is 5.75 Å². The summed E-state index contributed by atoms with van der Waals surface area (Å²) in [5.41, 5.74) is 4.32. The van der Waals surface area contributed by atoms with E-state index in [1.54, 1.807) is 0 Å². The van der Waals surface area contributed by atoms with Crippen LogP contribution in [0.3, 0.4) is 0 Å². The number of benzene rings is 1. The minimum Gasteiger partial charge on any atom is -0.493 e. The predicted octanol–water partition coefficient (Wildman–Crippen LogP) is 7.78. The van der Waals surface area contributed by atoms with Gasteiger partial charge in [0.2, 0.25) is 0 Å². The third-order valence-electron chi connectivity index (χ3n) is 5.41. The molecule has 0 spiro atoms. The molecule has 0 saturated heterocycles. The largest absolute Gasteiger partial charge is 0.493 e. The van der Waals surface area contributed by atoms with Crippen LogP contribution in [0.4, 0.5) is 0 Å².